The average Bonchev–Trinajstić information content (AvgIpc) is 2.94. The Hall–Kier alpha value is -2.84. The van der Waals surface area contributed by atoms with Gasteiger partial charge in [0.05, 0.1) is 35.7 Å². The van der Waals surface area contributed by atoms with E-state index in [2.05, 4.69) is 0 Å². The smallest absolute Gasteiger partial charge is 0.416 e. The molecule has 9 heteroatoms. The Labute approximate surface area is 158 Å². The number of rotatable bonds is 2. The van der Waals surface area contributed by atoms with Crippen LogP contribution in [0.5, 0.6) is 0 Å². The average molecular weight is 394 g/mol. The summed E-state index contributed by atoms with van der Waals surface area (Å²) in [6.45, 7) is 2.07. The van der Waals surface area contributed by atoms with Crippen molar-refractivity contribution < 1.29 is 32.3 Å². The number of nitrogens with zero attached hydrogens (tertiary/aromatic N) is 2. The third kappa shape index (κ3) is 2.68. The van der Waals surface area contributed by atoms with E-state index >= 15 is 0 Å². The lowest BCUT2D eigenvalue weighted by atomic mass is 9.70. The summed E-state index contributed by atoms with van der Waals surface area (Å²) in [5, 5.41) is 0. The van der Waals surface area contributed by atoms with Gasteiger partial charge in [-0.2, -0.15) is 13.2 Å². The van der Waals surface area contributed by atoms with E-state index in [1.807, 2.05) is 0 Å². The van der Waals surface area contributed by atoms with Crippen molar-refractivity contribution in [2.45, 2.75) is 19.1 Å². The second kappa shape index (κ2) is 6.35. The second-order valence-electron chi connectivity index (χ2n) is 7.00. The van der Waals surface area contributed by atoms with E-state index in [9.17, 15) is 27.6 Å². The standard InChI is InChI=1S/C19H17F3N2O4/c1-2-28-18(27)23-9-10-6-7-13(23)15-14(10)16(25)24(17(15)26)12-5-3-4-11(8-12)19(20,21)22/h3-8,10,13-15H,2,9H2,1H3/t10?,13?,14-,15+/m1/s1. The third-order valence-corrected chi connectivity index (χ3v) is 5.48. The van der Waals surface area contributed by atoms with Gasteiger partial charge in [0, 0.05) is 12.5 Å². The maximum atomic E-state index is 13.0. The Balaban J connectivity index is 1.68. The molecule has 0 saturated carbocycles. The van der Waals surface area contributed by atoms with Gasteiger partial charge < -0.3 is 9.64 Å². The number of imide groups is 1. The number of benzene rings is 1. The molecule has 148 valence electrons. The maximum Gasteiger partial charge on any atom is 0.416 e. The highest BCUT2D eigenvalue weighted by Crippen LogP contribution is 2.47. The van der Waals surface area contributed by atoms with Crippen LogP contribution in [-0.2, 0) is 20.5 Å². The number of alkyl halides is 3. The fourth-order valence-electron chi connectivity index (χ4n) is 4.32. The molecule has 0 spiro atoms. The lowest BCUT2D eigenvalue weighted by molar-refractivity contribution is -0.137. The van der Waals surface area contributed by atoms with Crippen LogP contribution in [0.15, 0.2) is 36.4 Å². The van der Waals surface area contributed by atoms with Crippen LogP contribution in [0.4, 0.5) is 23.7 Å². The summed E-state index contributed by atoms with van der Waals surface area (Å²) >= 11 is 0. The van der Waals surface area contributed by atoms with E-state index in [-0.39, 0.29) is 24.8 Å². The molecule has 3 aliphatic heterocycles. The van der Waals surface area contributed by atoms with Gasteiger partial charge in [-0.1, -0.05) is 18.2 Å². The van der Waals surface area contributed by atoms with E-state index < -0.39 is 47.5 Å². The van der Waals surface area contributed by atoms with E-state index in [1.165, 1.54) is 17.0 Å². The lowest BCUT2D eigenvalue weighted by Gasteiger charge is -2.45. The van der Waals surface area contributed by atoms with Crippen LogP contribution in [-0.4, -0.2) is 42.0 Å². The van der Waals surface area contributed by atoms with Crippen LogP contribution in [0.25, 0.3) is 0 Å². The third-order valence-electron chi connectivity index (χ3n) is 5.48. The maximum absolute atomic E-state index is 13.0. The van der Waals surface area contributed by atoms with Gasteiger partial charge in [-0.05, 0) is 25.1 Å². The number of carbonyl (C=O) groups is 3. The number of anilines is 1. The van der Waals surface area contributed by atoms with E-state index in [0.29, 0.717) is 0 Å². The van der Waals surface area contributed by atoms with Gasteiger partial charge in [0.1, 0.15) is 0 Å². The molecular weight excluding hydrogens is 377 g/mol. The first-order valence-electron chi connectivity index (χ1n) is 8.91. The lowest BCUT2D eigenvalue weighted by Crippen LogP contribution is -2.58. The van der Waals surface area contributed by atoms with Gasteiger partial charge in [-0.25, -0.2) is 9.69 Å². The van der Waals surface area contributed by atoms with Gasteiger partial charge >= 0.3 is 12.3 Å². The molecule has 0 N–H and O–H groups in total. The Bertz CT molecular complexity index is 882. The molecule has 3 amide bonds. The number of hydrogen-bond acceptors (Lipinski definition) is 4. The van der Waals surface area contributed by atoms with Crippen molar-refractivity contribution in [1.82, 2.24) is 4.90 Å². The zero-order chi connectivity index (χ0) is 20.2. The molecule has 4 atom stereocenters. The van der Waals surface area contributed by atoms with E-state index in [4.69, 9.17) is 4.74 Å². The molecule has 0 radical (unpaired) electrons. The molecule has 6 nitrogen and oxygen atoms in total. The molecule has 2 saturated heterocycles. The molecule has 1 aromatic carbocycles. The van der Waals surface area contributed by atoms with Crippen LogP contribution in [0.3, 0.4) is 0 Å². The minimum absolute atomic E-state index is 0.110. The summed E-state index contributed by atoms with van der Waals surface area (Å²) in [7, 11) is 0. The Morgan fingerprint density at radius 1 is 1.18 bits per heavy atom. The highest BCUT2D eigenvalue weighted by atomic mass is 19.4. The number of fused-ring (bicyclic) bond motifs is 1. The Morgan fingerprint density at radius 2 is 1.89 bits per heavy atom. The molecule has 1 aliphatic carbocycles. The number of ether oxygens (including phenoxy) is 1. The molecular formula is C19H17F3N2O4. The SMILES string of the molecule is CCOC(=O)N1CC2C=CC1[C@@H]1C(=O)N(c3cccc(C(F)(F)F)c3)C(=O)[C@H]21. The van der Waals surface area contributed by atoms with Gasteiger partial charge in [-0.15, -0.1) is 0 Å². The summed E-state index contributed by atoms with van der Waals surface area (Å²) in [6, 6.07) is 3.50. The summed E-state index contributed by atoms with van der Waals surface area (Å²) in [6.07, 6.45) is -1.66. The highest BCUT2D eigenvalue weighted by molar-refractivity contribution is 6.22. The zero-order valence-corrected chi connectivity index (χ0v) is 14.8. The molecule has 3 heterocycles. The first kappa shape index (κ1) is 18.5. The summed E-state index contributed by atoms with van der Waals surface area (Å²) in [5.41, 5.74) is -1.05. The van der Waals surface area contributed by atoms with Crippen LogP contribution < -0.4 is 4.90 Å². The number of piperidine rings is 1. The summed E-state index contributed by atoms with van der Waals surface area (Å²) in [5.74, 6) is -3.02. The number of carbonyl (C=O) groups excluding carboxylic acids is 3. The normalized spacial score (nSPS) is 28.7. The van der Waals surface area contributed by atoms with E-state index in [1.54, 1.807) is 19.1 Å². The second-order valence-corrected chi connectivity index (χ2v) is 7.00. The Morgan fingerprint density at radius 3 is 2.57 bits per heavy atom. The fourth-order valence-corrected chi connectivity index (χ4v) is 4.32. The highest BCUT2D eigenvalue weighted by Gasteiger charge is 2.60. The minimum Gasteiger partial charge on any atom is -0.450 e. The van der Waals surface area contributed by atoms with Gasteiger partial charge in [0.2, 0.25) is 11.8 Å². The predicted octanol–water partition coefficient (Wildman–Crippen LogP) is 2.84. The van der Waals surface area contributed by atoms with Gasteiger partial charge in [0.15, 0.2) is 0 Å². The van der Waals surface area contributed by atoms with Crippen LogP contribution in [0.2, 0.25) is 0 Å². The van der Waals surface area contributed by atoms with Crippen LogP contribution in [0.1, 0.15) is 12.5 Å². The van der Waals surface area contributed by atoms with Crippen molar-refractivity contribution in [3.05, 3.63) is 42.0 Å². The molecule has 4 aliphatic rings. The van der Waals surface area contributed by atoms with Crippen molar-refractivity contribution in [2.24, 2.45) is 17.8 Å². The quantitative estimate of drug-likeness (QED) is 0.572. The van der Waals surface area contributed by atoms with E-state index in [0.717, 1.165) is 17.0 Å². The number of hydrogen-bond donors (Lipinski definition) is 0. The monoisotopic (exact) mass is 394 g/mol. The van der Waals surface area contributed by atoms with Crippen LogP contribution in [0, 0.1) is 17.8 Å². The van der Waals surface area contributed by atoms with Crippen molar-refractivity contribution >= 4 is 23.6 Å². The van der Waals surface area contributed by atoms with Crippen LogP contribution >= 0.6 is 0 Å². The summed E-state index contributed by atoms with van der Waals surface area (Å²) in [4.78, 5) is 40.4. The first-order chi connectivity index (χ1) is 13.2. The molecule has 28 heavy (non-hydrogen) atoms. The number of halogens is 3. The minimum atomic E-state index is -4.59. The molecule has 0 aromatic heterocycles. The molecule has 2 fully saturated rings. The topological polar surface area (TPSA) is 66.9 Å². The van der Waals surface area contributed by atoms with Gasteiger partial charge in [0.25, 0.3) is 0 Å². The fraction of sp³-hybridized carbons (Fsp3) is 0.421. The molecule has 1 aromatic rings. The summed E-state index contributed by atoms with van der Waals surface area (Å²) < 4.78 is 44.1. The Kier molecular flexibility index (Phi) is 4.20. The molecule has 2 bridgehead atoms. The number of amides is 3. The molecule has 5 rings (SSSR count). The van der Waals surface area contributed by atoms with Gasteiger partial charge in [-0.3, -0.25) is 9.59 Å². The predicted molar refractivity (Wildman–Crippen MR) is 91.1 cm³/mol. The first-order valence-corrected chi connectivity index (χ1v) is 8.91. The zero-order valence-electron chi connectivity index (χ0n) is 14.8. The largest absolute Gasteiger partial charge is 0.450 e. The molecule has 2 unspecified atom stereocenters. The van der Waals surface area contributed by atoms with Crippen molar-refractivity contribution in [3.63, 3.8) is 0 Å². The van der Waals surface area contributed by atoms with Crippen molar-refractivity contribution in [1.29, 1.82) is 0 Å². The van der Waals surface area contributed by atoms with Crippen molar-refractivity contribution in [3.8, 4) is 0 Å². The van der Waals surface area contributed by atoms with Crippen molar-refractivity contribution in [2.75, 3.05) is 18.1 Å².